The standard InChI is InChI=1S/C21H20ClN5O7S3.C2HF3O2/c1-9(23)33-21(32)34-13-3-2-10(4-12(13)22)5-14(28)25-15-17(29)27-16(19(30)31)11(6-35-18(15)27)7-36-20-26-24-8-37-20;3-2(4,5)1(6)7/h2-4,8-9,15,18H,5-7,23H2,1H3,(H,25,28)(H,30,31);(H,6,7)/t9?,15?,18-;/m0./s1. The van der Waals surface area contributed by atoms with E-state index >= 15 is 0 Å². The predicted molar refractivity (Wildman–Crippen MR) is 150 cm³/mol. The summed E-state index contributed by atoms with van der Waals surface area (Å²) >= 11 is 10.2. The highest BCUT2D eigenvalue weighted by Crippen LogP contribution is 2.41. The van der Waals surface area contributed by atoms with Crippen LogP contribution in [0, 0.1) is 0 Å². The zero-order valence-corrected chi connectivity index (χ0v) is 25.3. The Morgan fingerprint density at radius 1 is 1.30 bits per heavy atom. The average Bonchev–Trinajstić information content (AvgIpc) is 3.44. The second-order valence-electron chi connectivity index (χ2n) is 8.63. The number of rotatable bonds is 9. The molecule has 14 nitrogen and oxygen atoms in total. The van der Waals surface area contributed by atoms with E-state index in [1.165, 1.54) is 64.9 Å². The zero-order valence-electron chi connectivity index (χ0n) is 22.1. The Balaban J connectivity index is 0.000000676. The average molecular weight is 700 g/mol. The Kier molecular flexibility index (Phi) is 11.8. The number of β-lactam (4-membered cyclic amide) rings is 1. The third-order valence-corrected chi connectivity index (χ3v) is 8.94. The Morgan fingerprint density at radius 3 is 2.52 bits per heavy atom. The van der Waals surface area contributed by atoms with Crippen LogP contribution in [0.25, 0.3) is 0 Å². The van der Waals surface area contributed by atoms with Crippen LogP contribution in [0.1, 0.15) is 12.5 Å². The minimum absolute atomic E-state index is 0.0352. The molecule has 2 amide bonds. The molecule has 2 unspecified atom stereocenters. The van der Waals surface area contributed by atoms with Gasteiger partial charge in [0.2, 0.25) is 5.91 Å². The fourth-order valence-electron chi connectivity index (χ4n) is 3.58. The molecular formula is C23H21ClF3N5O9S3. The second kappa shape index (κ2) is 14.9. The molecule has 0 radical (unpaired) electrons. The molecule has 0 aliphatic carbocycles. The number of fused-ring (bicyclic) bond motifs is 1. The highest BCUT2D eigenvalue weighted by atomic mass is 35.5. The first-order chi connectivity index (χ1) is 20.6. The van der Waals surface area contributed by atoms with Gasteiger partial charge >= 0.3 is 24.3 Å². The molecule has 4 rings (SSSR count). The van der Waals surface area contributed by atoms with Crippen LogP contribution in [-0.2, 0) is 30.3 Å². The quantitative estimate of drug-likeness (QED) is 0.0975. The minimum atomic E-state index is -5.08. The molecule has 1 aromatic heterocycles. The normalized spacial score (nSPS) is 18.2. The minimum Gasteiger partial charge on any atom is -0.477 e. The number of carbonyl (C=O) groups is 5. The number of halogens is 4. The number of ether oxygens (including phenoxy) is 2. The number of nitrogens with two attached hydrogens (primary N) is 1. The Morgan fingerprint density at radius 2 is 1.98 bits per heavy atom. The number of hydrogen-bond donors (Lipinski definition) is 4. The lowest BCUT2D eigenvalue weighted by Crippen LogP contribution is -2.70. The van der Waals surface area contributed by atoms with Gasteiger partial charge in [0.05, 0.1) is 11.4 Å². The maximum absolute atomic E-state index is 12.8. The molecule has 1 fully saturated rings. The van der Waals surface area contributed by atoms with Crippen molar-refractivity contribution < 1.29 is 56.8 Å². The van der Waals surface area contributed by atoms with Crippen LogP contribution in [0.15, 0.2) is 39.3 Å². The smallest absolute Gasteiger partial charge is 0.477 e. The number of alkyl halides is 3. The van der Waals surface area contributed by atoms with Crippen molar-refractivity contribution in [2.45, 2.75) is 41.5 Å². The lowest BCUT2D eigenvalue weighted by atomic mass is 10.0. The van der Waals surface area contributed by atoms with Crippen LogP contribution in [-0.4, -0.2) is 90.5 Å². The molecule has 2 aliphatic rings. The van der Waals surface area contributed by atoms with E-state index in [2.05, 4.69) is 20.3 Å². The fourth-order valence-corrected chi connectivity index (χ4v) is 6.80. The molecule has 0 bridgehead atoms. The summed E-state index contributed by atoms with van der Waals surface area (Å²) in [5.41, 5.74) is 8.01. The van der Waals surface area contributed by atoms with Crippen LogP contribution in [0.4, 0.5) is 18.0 Å². The van der Waals surface area contributed by atoms with Gasteiger partial charge in [-0.3, -0.25) is 20.2 Å². The molecule has 44 heavy (non-hydrogen) atoms. The molecule has 2 aliphatic heterocycles. The first kappa shape index (κ1) is 34.9. The van der Waals surface area contributed by atoms with Crippen molar-refractivity contribution in [3.8, 4) is 5.75 Å². The van der Waals surface area contributed by atoms with Gasteiger partial charge in [0.25, 0.3) is 5.91 Å². The van der Waals surface area contributed by atoms with Crippen LogP contribution < -0.4 is 15.8 Å². The van der Waals surface area contributed by atoms with Crippen molar-refractivity contribution in [3.63, 3.8) is 0 Å². The lowest BCUT2D eigenvalue weighted by molar-refractivity contribution is -0.192. The molecule has 2 aromatic rings. The Labute approximate surface area is 263 Å². The molecule has 21 heteroatoms. The van der Waals surface area contributed by atoms with Gasteiger partial charge in [-0.25, -0.2) is 14.4 Å². The van der Waals surface area contributed by atoms with Gasteiger partial charge in [0.15, 0.2) is 16.3 Å². The third kappa shape index (κ3) is 9.21. The van der Waals surface area contributed by atoms with E-state index in [-0.39, 0.29) is 22.9 Å². The van der Waals surface area contributed by atoms with E-state index in [0.717, 1.165) is 0 Å². The van der Waals surface area contributed by atoms with E-state index in [4.69, 9.17) is 32.0 Å². The molecule has 5 N–H and O–H groups in total. The number of benzene rings is 1. The van der Waals surface area contributed by atoms with Crippen LogP contribution in [0.5, 0.6) is 5.75 Å². The number of thioether (sulfide) groups is 2. The molecule has 0 spiro atoms. The number of nitrogens with one attached hydrogen (secondary N) is 1. The molecule has 0 saturated carbocycles. The number of hydrogen-bond acceptors (Lipinski definition) is 13. The highest BCUT2D eigenvalue weighted by molar-refractivity contribution is 8.01. The Bertz CT molecular complexity index is 1460. The topological polar surface area (TPSA) is 211 Å². The summed E-state index contributed by atoms with van der Waals surface area (Å²) in [4.78, 5) is 59.2. The van der Waals surface area contributed by atoms with Gasteiger partial charge in [-0.15, -0.1) is 22.0 Å². The first-order valence-electron chi connectivity index (χ1n) is 11.9. The van der Waals surface area contributed by atoms with Crippen LogP contribution in [0.3, 0.4) is 0 Å². The molecule has 1 aromatic carbocycles. The van der Waals surface area contributed by atoms with Gasteiger partial charge in [-0.05, 0) is 30.2 Å². The van der Waals surface area contributed by atoms with Gasteiger partial charge in [-0.2, -0.15) is 13.2 Å². The van der Waals surface area contributed by atoms with Gasteiger partial charge in [0.1, 0.15) is 22.6 Å². The van der Waals surface area contributed by atoms with Crippen molar-refractivity contribution in [3.05, 3.63) is 45.6 Å². The first-order valence-corrected chi connectivity index (χ1v) is 15.2. The van der Waals surface area contributed by atoms with E-state index in [1.54, 1.807) is 5.51 Å². The van der Waals surface area contributed by atoms with Crippen molar-refractivity contribution >= 4 is 76.4 Å². The van der Waals surface area contributed by atoms with Gasteiger partial charge in [-0.1, -0.05) is 40.8 Å². The number of carbonyl (C=O) groups excluding carboxylic acids is 3. The Hall–Kier alpha value is -3.59. The second-order valence-corrected chi connectivity index (χ2v) is 12.2. The molecule has 3 heterocycles. The van der Waals surface area contributed by atoms with E-state index in [0.29, 0.717) is 27.0 Å². The molecular weight excluding hydrogens is 679 g/mol. The number of nitrogens with zero attached hydrogens (tertiary/aromatic N) is 3. The van der Waals surface area contributed by atoms with Crippen LogP contribution in [0.2, 0.25) is 5.02 Å². The molecule has 3 atom stereocenters. The summed E-state index contributed by atoms with van der Waals surface area (Å²) in [5.74, 6) is -4.09. The van der Waals surface area contributed by atoms with Crippen molar-refractivity contribution in [1.29, 1.82) is 0 Å². The summed E-state index contributed by atoms with van der Waals surface area (Å²) in [5, 5.41) is 26.8. The van der Waals surface area contributed by atoms with E-state index in [1.807, 2.05) is 0 Å². The maximum Gasteiger partial charge on any atom is 0.515 e. The highest BCUT2D eigenvalue weighted by Gasteiger charge is 2.54. The third-order valence-electron chi connectivity index (χ3n) is 5.36. The molecule has 238 valence electrons. The SMILES string of the molecule is CC(N)OC(=O)Oc1ccc(CC(=O)NC2C(=O)N3C(C(=O)O)=C(CSc4nncs4)CS[C@@H]23)cc1Cl.O=C(O)C(F)(F)F. The summed E-state index contributed by atoms with van der Waals surface area (Å²) in [6.45, 7) is 1.46. The van der Waals surface area contributed by atoms with E-state index < -0.39 is 53.7 Å². The summed E-state index contributed by atoms with van der Waals surface area (Å²) in [6.07, 6.45) is -7.05. The predicted octanol–water partition coefficient (Wildman–Crippen LogP) is 2.72. The van der Waals surface area contributed by atoms with Gasteiger partial charge < -0.3 is 25.0 Å². The number of carboxylic acids is 2. The number of carboxylic acid groups (broad SMARTS) is 2. The van der Waals surface area contributed by atoms with Crippen molar-refractivity contribution in [1.82, 2.24) is 20.4 Å². The largest absolute Gasteiger partial charge is 0.515 e. The monoisotopic (exact) mass is 699 g/mol. The lowest BCUT2D eigenvalue weighted by Gasteiger charge is -2.49. The molecule has 1 saturated heterocycles. The van der Waals surface area contributed by atoms with Crippen molar-refractivity contribution in [2.75, 3.05) is 11.5 Å². The van der Waals surface area contributed by atoms with Crippen molar-refractivity contribution in [2.24, 2.45) is 5.73 Å². The maximum atomic E-state index is 12.8. The van der Waals surface area contributed by atoms with E-state index in [9.17, 15) is 37.5 Å². The number of amides is 2. The fraction of sp³-hybridized carbons (Fsp3) is 0.348. The summed E-state index contributed by atoms with van der Waals surface area (Å²) in [7, 11) is 0. The summed E-state index contributed by atoms with van der Waals surface area (Å²) in [6, 6.07) is 3.55. The zero-order chi connectivity index (χ0) is 32.8. The summed E-state index contributed by atoms with van der Waals surface area (Å²) < 4.78 is 42.1. The van der Waals surface area contributed by atoms with Gasteiger partial charge in [0, 0.05) is 11.5 Å². The number of aromatic nitrogens is 2. The number of aliphatic carboxylic acids is 2. The van der Waals surface area contributed by atoms with Crippen LogP contribution >= 0.6 is 46.5 Å².